The molecule has 6 nitrogen and oxygen atoms in total. The minimum Gasteiger partial charge on any atom is -0.451 e. The van der Waals surface area contributed by atoms with E-state index >= 15 is 0 Å². The molecule has 32 heavy (non-hydrogen) atoms. The maximum atomic E-state index is 12.9. The Labute approximate surface area is 188 Å². The van der Waals surface area contributed by atoms with Crippen molar-refractivity contribution >= 4 is 22.6 Å². The van der Waals surface area contributed by atoms with Crippen LogP contribution in [0.4, 0.5) is 5.69 Å². The number of carbonyl (C=O) groups is 1. The van der Waals surface area contributed by atoms with Gasteiger partial charge < -0.3 is 24.3 Å². The van der Waals surface area contributed by atoms with Crippen LogP contribution >= 0.6 is 0 Å². The number of morpholine rings is 1. The van der Waals surface area contributed by atoms with Crippen LogP contribution in [0.25, 0.3) is 22.1 Å². The monoisotopic (exact) mass is 431 g/mol. The van der Waals surface area contributed by atoms with Crippen LogP contribution in [0.15, 0.2) is 52.9 Å². The summed E-state index contributed by atoms with van der Waals surface area (Å²) >= 11 is 0. The van der Waals surface area contributed by atoms with E-state index in [1.165, 1.54) is 18.5 Å². The first-order chi connectivity index (χ1) is 15.7. The fourth-order valence-electron chi connectivity index (χ4n) is 5.38. The molecule has 1 N–H and O–H groups in total. The van der Waals surface area contributed by atoms with Crippen LogP contribution in [-0.4, -0.2) is 62.8 Å². The maximum Gasteiger partial charge on any atom is 0.287 e. The van der Waals surface area contributed by atoms with Crippen molar-refractivity contribution < 1.29 is 13.9 Å². The number of hydrogen-bond donors (Lipinski definition) is 1. The maximum absolute atomic E-state index is 12.9. The normalized spacial score (nSPS) is 25.2. The lowest BCUT2D eigenvalue weighted by Crippen LogP contribution is -2.57. The molecule has 4 saturated heterocycles. The van der Waals surface area contributed by atoms with Gasteiger partial charge in [-0.1, -0.05) is 24.3 Å². The van der Waals surface area contributed by atoms with Gasteiger partial charge in [-0.05, 0) is 67.2 Å². The first-order valence-corrected chi connectivity index (χ1v) is 11.7. The molecule has 7 rings (SSSR count). The molecule has 1 amide bonds. The molecule has 6 heteroatoms. The van der Waals surface area contributed by atoms with E-state index < -0.39 is 0 Å². The summed E-state index contributed by atoms with van der Waals surface area (Å²) in [6.45, 7) is 6.72. The van der Waals surface area contributed by atoms with E-state index in [0.29, 0.717) is 11.7 Å². The Balaban J connectivity index is 1.18. The van der Waals surface area contributed by atoms with E-state index in [0.717, 1.165) is 68.0 Å². The third kappa shape index (κ3) is 3.78. The van der Waals surface area contributed by atoms with Crippen molar-refractivity contribution in [2.75, 3.05) is 50.8 Å². The number of fused-ring (bicyclic) bond motifs is 4. The van der Waals surface area contributed by atoms with Gasteiger partial charge in [0.05, 0.1) is 13.2 Å². The van der Waals surface area contributed by atoms with E-state index in [4.69, 9.17) is 9.15 Å². The molecule has 2 aromatic carbocycles. The summed E-state index contributed by atoms with van der Waals surface area (Å²) in [5.41, 5.74) is 4.20. The van der Waals surface area contributed by atoms with Crippen LogP contribution in [0.2, 0.25) is 0 Å². The van der Waals surface area contributed by atoms with Crippen molar-refractivity contribution in [3.63, 3.8) is 0 Å². The van der Waals surface area contributed by atoms with Gasteiger partial charge in [-0.15, -0.1) is 0 Å². The third-order valence-electron chi connectivity index (χ3n) is 7.29. The van der Waals surface area contributed by atoms with Crippen molar-refractivity contribution in [3.8, 4) is 11.1 Å². The van der Waals surface area contributed by atoms with Crippen LogP contribution in [0.1, 0.15) is 23.4 Å². The minimum atomic E-state index is -0.101. The lowest BCUT2D eigenvalue weighted by atomic mass is 9.84. The summed E-state index contributed by atoms with van der Waals surface area (Å²) in [5, 5.41) is 4.18. The number of furan rings is 1. The summed E-state index contributed by atoms with van der Waals surface area (Å²) in [4.78, 5) is 17.7. The second-order valence-electron chi connectivity index (χ2n) is 9.23. The highest BCUT2D eigenvalue weighted by molar-refractivity contribution is 5.97. The lowest BCUT2D eigenvalue weighted by Gasteiger charge is -2.44. The standard InChI is InChI=1S/C26H29N3O3/c30-26(27-23-17-28-9-7-19(23)8-10-28)25-16-21-2-1-20(15-24(21)32-25)18-3-5-22(6-4-18)29-11-13-31-14-12-29/h1-6,15-16,19,23H,7-14,17H2,(H,27,30). The number of anilines is 1. The van der Waals surface area contributed by atoms with Crippen LogP contribution in [0.5, 0.6) is 0 Å². The Bertz CT molecular complexity index is 1110. The largest absolute Gasteiger partial charge is 0.451 e. The van der Waals surface area contributed by atoms with Gasteiger partial charge in [-0.2, -0.15) is 0 Å². The molecule has 4 fully saturated rings. The fraction of sp³-hybridized carbons (Fsp3) is 0.423. The molecular formula is C26H29N3O3. The number of amides is 1. The SMILES string of the molecule is O=C(NC1CN2CCC1CC2)c1cc2ccc(-c3ccc(N4CCOCC4)cc3)cc2o1. The highest BCUT2D eigenvalue weighted by Gasteiger charge is 2.35. The quantitative estimate of drug-likeness (QED) is 0.682. The molecule has 0 saturated carbocycles. The molecule has 4 aliphatic rings. The molecule has 1 unspecified atom stereocenters. The Hall–Kier alpha value is -2.83. The second kappa shape index (κ2) is 8.26. The molecule has 3 aromatic rings. The van der Waals surface area contributed by atoms with Crippen LogP contribution in [0, 0.1) is 5.92 Å². The molecule has 1 atom stereocenters. The third-order valence-corrected chi connectivity index (χ3v) is 7.29. The number of carbonyl (C=O) groups excluding carboxylic acids is 1. The second-order valence-corrected chi connectivity index (χ2v) is 9.23. The Morgan fingerprint density at radius 2 is 1.66 bits per heavy atom. The number of benzene rings is 2. The van der Waals surface area contributed by atoms with E-state index in [-0.39, 0.29) is 11.9 Å². The number of nitrogens with zero attached hydrogens (tertiary/aromatic N) is 2. The Morgan fingerprint density at radius 1 is 0.906 bits per heavy atom. The number of hydrogen-bond acceptors (Lipinski definition) is 5. The van der Waals surface area contributed by atoms with E-state index in [1.54, 1.807) is 0 Å². The van der Waals surface area contributed by atoms with E-state index in [1.807, 2.05) is 18.2 Å². The summed E-state index contributed by atoms with van der Waals surface area (Å²) < 4.78 is 11.4. The lowest BCUT2D eigenvalue weighted by molar-refractivity contribution is 0.0607. The predicted octanol–water partition coefficient (Wildman–Crippen LogP) is 3.76. The number of piperidine rings is 3. The van der Waals surface area contributed by atoms with E-state index in [9.17, 15) is 4.79 Å². The highest BCUT2D eigenvalue weighted by atomic mass is 16.5. The molecule has 5 heterocycles. The summed E-state index contributed by atoms with van der Waals surface area (Å²) in [5.74, 6) is 0.896. The van der Waals surface area contributed by atoms with Gasteiger partial charge in [0.15, 0.2) is 5.76 Å². The number of ether oxygens (including phenoxy) is 1. The molecule has 0 radical (unpaired) electrons. The predicted molar refractivity (Wildman–Crippen MR) is 125 cm³/mol. The van der Waals surface area contributed by atoms with Crippen molar-refractivity contribution in [1.82, 2.24) is 10.2 Å². The minimum absolute atomic E-state index is 0.101. The van der Waals surface area contributed by atoms with Crippen molar-refractivity contribution in [2.45, 2.75) is 18.9 Å². The number of rotatable bonds is 4. The van der Waals surface area contributed by atoms with Crippen LogP contribution in [0.3, 0.4) is 0 Å². The van der Waals surface area contributed by atoms with Crippen LogP contribution in [-0.2, 0) is 4.74 Å². The van der Waals surface area contributed by atoms with E-state index in [2.05, 4.69) is 45.4 Å². The van der Waals surface area contributed by atoms with Crippen LogP contribution < -0.4 is 10.2 Å². The van der Waals surface area contributed by atoms with Gasteiger partial charge in [-0.3, -0.25) is 4.79 Å². The average molecular weight is 432 g/mol. The summed E-state index contributed by atoms with van der Waals surface area (Å²) in [6.07, 6.45) is 2.36. The van der Waals surface area contributed by atoms with Gasteiger partial charge in [0.2, 0.25) is 0 Å². The molecule has 0 spiro atoms. The van der Waals surface area contributed by atoms with Gasteiger partial charge in [0, 0.05) is 36.7 Å². The molecule has 1 aromatic heterocycles. The van der Waals surface area contributed by atoms with Gasteiger partial charge in [-0.25, -0.2) is 0 Å². The topological polar surface area (TPSA) is 58.0 Å². The van der Waals surface area contributed by atoms with Gasteiger partial charge in [0.25, 0.3) is 5.91 Å². The summed E-state index contributed by atoms with van der Waals surface area (Å²) in [7, 11) is 0. The number of nitrogens with one attached hydrogen (secondary N) is 1. The molecular weight excluding hydrogens is 402 g/mol. The zero-order valence-corrected chi connectivity index (χ0v) is 18.3. The molecule has 0 aliphatic carbocycles. The highest BCUT2D eigenvalue weighted by Crippen LogP contribution is 2.30. The van der Waals surface area contributed by atoms with Gasteiger partial charge in [0.1, 0.15) is 5.58 Å². The first-order valence-electron chi connectivity index (χ1n) is 11.7. The van der Waals surface area contributed by atoms with Crippen molar-refractivity contribution in [2.24, 2.45) is 5.92 Å². The van der Waals surface area contributed by atoms with Gasteiger partial charge >= 0.3 is 0 Å². The molecule has 166 valence electrons. The molecule has 2 bridgehead atoms. The molecule has 4 aliphatic heterocycles. The zero-order valence-electron chi connectivity index (χ0n) is 18.3. The van der Waals surface area contributed by atoms with Crippen molar-refractivity contribution in [1.29, 1.82) is 0 Å². The average Bonchev–Trinajstić information content (AvgIpc) is 3.29. The zero-order chi connectivity index (χ0) is 21.5. The Kier molecular flexibility index (Phi) is 5.12. The summed E-state index contributed by atoms with van der Waals surface area (Å²) in [6, 6.07) is 16.9. The first kappa shape index (κ1) is 19.8. The van der Waals surface area contributed by atoms with Crippen molar-refractivity contribution in [3.05, 3.63) is 54.3 Å². The fourth-order valence-corrected chi connectivity index (χ4v) is 5.38. The Morgan fingerprint density at radius 3 is 2.38 bits per heavy atom. The smallest absolute Gasteiger partial charge is 0.287 e.